The Balaban J connectivity index is 2.84. The molecule has 2 aromatic rings. The number of hydrogen-bond donors (Lipinski definition) is 1. The van der Waals surface area contributed by atoms with E-state index in [9.17, 15) is 4.79 Å². The van der Waals surface area contributed by atoms with Gasteiger partial charge in [-0.2, -0.15) is 0 Å². The van der Waals surface area contributed by atoms with Gasteiger partial charge in [0.2, 0.25) is 0 Å². The number of nitrogens with one attached hydrogen (secondary N) is 1. The summed E-state index contributed by atoms with van der Waals surface area (Å²) in [6.07, 6.45) is 0.923. The third-order valence-electron chi connectivity index (χ3n) is 2.57. The van der Waals surface area contributed by atoms with E-state index in [1.807, 2.05) is 18.2 Å². The highest BCUT2D eigenvalue weighted by molar-refractivity contribution is 9.10. The monoisotopic (exact) mass is 265 g/mol. The maximum atomic E-state index is 11.5. The summed E-state index contributed by atoms with van der Waals surface area (Å²) in [5.41, 5.74) is 2.93. The van der Waals surface area contributed by atoms with Crippen molar-refractivity contribution in [2.75, 3.05) is 0 Å². The standard InChI is InChI=1S/C12H12BrNO/c1-3-9-12(13)11-8(7(2)15)5-4-6-10(11)14-9/h4-6,14H,3H2,1-2H3. The van der Waals surface area contributed by atoms with Gasteiger partial charge in [-0.15, -0.1) is 0 Å². The molecule has 0 aliphatic rings. The molecule has 1 aromatic heterocycles. The number of aryl methyl sites for hydroxylation is 1. The molecule has 0 bridgehead atoms. The summed E-state index contributed by atoms with van der Waals surface area (Å²) >= 11 is 3.55. The molecule has 15 heavy (non-hydrogen) atoms. The maximum Gasteiger partial charge on any atom is 0.160 e. The van der Waals surface area contributed by atoms with E-state index in [0.29, 0.717) is 0 Å². The van der Waals surface area contributed by atoms with E-state index < -0.39 is 0 Å². The van der Waals surface area contributed by atoms with Gasteiger partial charge in [-0.1, -0.05) is 19.1 Å². The Labute approximate surface area is 96.8 Å². The number of carbonyl (C=O) groups excluding carboxylic acids is 1. The second-order valence-corrected chi connectivity index (χ2v) is 4.35. The minimum atomic E-state index is 0.1000. The lowest BCUT2D eigenvalue weighted by Gasteiger charge is -1.98. The molecule has 2 nitrogen and oxygen atoms in total. The smallest absolute Gasteiger partial charge is 0.160 e. The Hall–Kier alpha value is -1.09. The molecule has 0 saturated heterocycles. The summed E-state index contributed by atoms with van der Waals surface area (Å²) in [5.74, 6) is 0.1000. The molecule has 0 atom stereocenters. The zero-order valence-corrected chi connectivity index (χ0v) is 10.3. The number of benzene rings is 1. The van der Waals surface area contributed by atoms with Crippen molar-refractivity contribution in [3.63, 3.8) is 0 Å². The van der Waals surface area contributed by atoms with Gasteiger partial charge in [0.25, 0.3) is 0 Å². The number of halogens is 1. The Kier molecular flexibility index (Phi) is 2.65. The van der Waals surface area contributed by atoms with Gasteiger partial charge in [-0.25, -0.2) is 0 Å². The fourth-order valence-corrected chi connectivity index (χ4v) is 2.60. The molecule has 0 fully saturated rings. The first-order chi connectivity index (χ1) is 7.15. The Bertz CT molecular complexity index is 528. The van der Waals surface area contributed by atoms with E-state index >= 15 is 0 Å². The number of rotatable bonds is 2. The SMILES string of the molecule is CCc1[nH]c2cccc(C(C)=O)c2c1Br. The third kappa shape index (κ3) is 1.61. The van der Waals surface area contributed by atoms with Crippen LogP contribution < -0.4 is 0 Å². The molecule has 0 aliphatic carbocycles. The number of aromatic nitrogens is 1. The number of carbonyl (C=O) groups is 1. The van der Waals surface area contributed by atoms with Gasteiger partial charge < -0.3 is 4.98 Å². The van der Waals surface area contributed by atoms with Crippen LogP contribution in [0.15, 0.2) is 22.7 Å². The molecule has 0 radical (unpaired) electrons. The summed E-state index contributed by atoms with van der Waals surface area (Å²) in [5, 5.41) is 1.00. The van der Waals surface area contributed by atoms with Crippen molar-refractivity contribution < 1.29 is 4.79 Å². The van der Waals surface area contributed by atoms with Gasteiger partial charge >= 0.3 is 0 Å². The fourth-order valence-electron chi connectivity index (χ4n) is 1.80. The third-order valence-corrected chi connectivity index (χ3v) is 3.44. The van der Waals surface area contributed by atoms with E-state index in [0.717, 1.165) is 33.1 Å². The Morgan fingerprint density at radius 1 is 1.47 bits per heavy atom. The highest BCUT2D eigenvalue weighted by Crippen LogP contribution is 2.31. The quantitative estimate of drug-likeness (QED) is 0.826. The predicted molar refractivity (Wildman–Crippen MR) is 65.4 cm³/mol. The molecular weight excluding hydrogens is 254 g/mol. The van der Waals surface area contributed by atoms with Gasteiger partial charge in [0.05, 0.1) is 0 Å². The van der Waals surface area contributed by atoms with Gasteiger partial charge in [0, 0.05) is 26.6 Å². The Morgan fingerprint density at radius 2 is 2.20 bits per heavy atom. The summed E-state index contributed by atoms with van der Waals surface area (Å²) in [4.78, 5) is 14.8. The normalized spacial score (nSPS) is 10.9. The number of H-pyrrole nitrogens is 1. The summed E-state index contributed by atoms with van der Waals surface area (Å²) in [6.45, 7) is 3.68. The molecular formula is C12H12BrNO. The van der Waals surface area contributed by atoms with Crippen molar-refractivity contribution in [1.29, 1.82) is 0 Å². The van der Waals surface area contributed by atoms with Crippen LogP contribution in [-0.4, -0.2) is 10.8 Å². The molecule has 0 aliphatic heterocycles. The molecule has 1 aromatic carbocycles. The van der Waals surface area contributed by atoms with Crippen LogP contribution >= 0.6 is 15.9 Å². The molecule has 0 spiro atoms. The molecule has 0 saturated carbocycles. The number of aromatic amines is 1. The van der Waals surface area contributed by atoms with Crippen molar-refractivity contribution in [3.05, 3.63) is 33.9 Å². The number of hydrogen-bond acceptors (Lipinski definition) is 1. The first-order valence-electron chi connectivity index (χ1n) is 4.95. The summed E-state index contributed by atoms with van der Waals surface area (Å²) in [7, 11) is 0. The van der Waals surface area contributed by atoms with Crippen LogP contribution in [-0.2, 0) is 6.42 Å². The van der Waals surface area contributed by atoms with Gasteiger partial charge in [0.15, 0.2) is 5.78 Å². The van der Waals surface area contributed by atoms with Gasteiger partial charge in [-0.3, -0.25) is 4.79 Å². The number of ketones is 1. The van der Waals surface area contributed by atoms with Gasteiger partial charge in [0.1, 0.15) is 0 Å². The van der Waals surface area contributed by atoms with Crippen LogP contribution in [0.3, 0.4) is 0 Å². The topological polar surface area (TPSA) is 32.9 Å². The lowest BCUT2D eigenvalue weighted by atomic mass is 10.1. The Morgan fingerprint density at radius 3 is 2.80 bits per heavy atom. The first kappa shape index (κ1) is 10.4. The minimum absolute atomic E-state index is 0.1000. The molecule has 78 valence electrons. The molecule has 1 N–H and O–H groups in total. The minimum Gasteiger partial charge on any atom is -0.357 e. The number of fused-ring (bicyclic) bond motifs is 1. The maximum absolute atomic E-state index is 11.5. The number of Topliss-reactive ketones (excluding diaryl/α,β-unsaturated/α-hetero) is 1. The van der Waals surface area contributed by atoms with Crippen molar-refractivity contribution in [1.82, 2.24) is 4.98 Å². The van der Waals surface area contributed by atoms with Crippen molar-refractivity contribution in [2.24, 2.45) is 0 Å². The fraction of sp³-hybridized carbons (Fsp3) is 0.250. The van der Waals surface area contributed by atoms with Crippen LogP contribution in [0.4, 0.5) is 0 Å². The molecule has 3 heteroatoms. The lowest BCUT2D eigenvalue weighted by molar-refractivity contribution is 0.101. The van der Waals surface area contributed by atoms with Crippen LogP contribution in [0.5, 0.6) is 0 Å². The molecule has 0 amide bonds. The van der Waals surface area contributed by atoms with E-state index in [4.69, 9.17) is 0 Å². The van der Waals surface area contributed by atoms with Crippen LogP contribution in [0, 0.1) is 0 Å². The second-order valence-electron chi connectivity index (χ2n) is 3.56. The highest BCUT2D eigenvalue weighted by Gasteiger charge is 2.13. The zero-order chi connectivity index (χ0) is 11.0. The van der Waals surface area contributed by atoms with E-state index in [2.05, 4.69) is 27.8 Å². The van der Waals surface area contributed by atoms with Crippen LogP contribution in [0.25, 0.3) is 10.9 Å². The van der Waals surface area contributed by atoms with E-state index in [1.165, 1.54) is 0 Å². The van der Waals surface area contributed by atoms with Crippen molar-refractivity contribution in [2.45, 2.75) is 20.3 Å². The largest absolute Gasteiger partial charge is 0.357 e. The summed E-state index contributed by atoms with van der Waals surface area (Å²) < 4.78 is 1.02. The molecule has 2 rings (SSSR count). The zero-order valence-electron chi connectivity index (χ0n) is 8.73. The average Bonchev–Trinajstić information content (AvgIpc) is 2.55. The first-order valence-corrected chi connectivity index (χ1v) is 5.74. The summed E-state index contributed by atoms with van der Waals surface area (Å²) in [6, 6.07) is 5.76. The predicted octanol–water partition coefficient (Wildman–Crippen LogP) is 3.70. The molecule has 1 heterocycles. The highest BCUT2D eigenvalue weighted by atomic mass is 79.9. The lowest BCUT2D eigenvalue weighted by Crippen LogP contribution is -1.92. The molecule has 0 unspecified atom stereocenters. The van der Waals surface area contributed by atoms with Gasteiger partial charge in [-0.05, 0) is 35.3 Å². The second kappa shape index (κ2) is 3.81. The van der Waals surface area contributed by atoms with E-state index in [1.54, 1.807) is 6.92 Å². The average molecular weight is 266 g/mol. The van der Waals surface area contributed by atoms with Crippen LogP contribution in [0.2, 0.25) is 0 Å². The van der Waals surface area contributed by atoms with E-state index in [-0.39, 0.29) is 5.78 Å². The van der Waals surface area contributed by atoms with Crippen LogP contribution in [0.1, 0.15) is 29.9 Å². The van der Waals surface area contributed by atoms with Crippen molar-refractivity contribution in [3.8, 4) is 0 Å². The van der Waals surface area contributed by atoms with Crippen molar-refractivity contribution >= 4 is 32.6 Å².